The van der Waals surface area contributed by atoms with E-state index in [0.717, 1.165) is 0 Å². The van der Waals surface area contributed by atoms with E-state index in [2.05, 4.69) is 5.32 Å². The standard InChI is InChI=1S/C16H20N2O7/c1-16(6-7-19)13(14(21)17-16)12(8-20)15(22)25-9-10-2-4-11(5-3-10)18(23)24/h2-5,12-13,19-20H,6-9H2,1H3,(H,17,21). The fraction of sp³-hybridized carbons (Fsp3) is 0.500. The zero-order valence-electron chi connectivity index (χ0n) is 13.7. The number of hydrogen-bond acceptors (Lipinski definition) is 7. The van der Waals surface area contributed by atoms with Crippen molar-refractivity contribution in [3.05, 3.63) is 39.9 Å². The summed E-state index contributed by atoms with van der Waals surface area (Å²) in [5.41, 5.74) is -0.299. The molecule has 0 aliphatic carbocycles. The number of hydrogen-bond donors (Lipinski definition) is 3. The van der Waals surface area contributed by atoms with Crippen LogP contribution in [0.15, 0.2) is 24.3 Å². The van der Waals surface area contributed by atoms with E-state index in [-0.39, 0.29) is 31.2 Å². The molecule has 2 rings (SSSR count). The molecule has 3 unspecified atom stereocenters. The highest BCUT2D eigenvalue weighted by Gasteiger charge is 2.55. The minimum Gasteiger partial charge on any atom is -0.461 e. The van der Waals surface area contributed by atoms with E-state index in [1.807, 2.05) is 0 Å². The SMILES string of the molecule is CC1(CCO)NC(=O)C1C(CO)C(=O)OCc1ccc([N+](=O)[O-])cc1. The molecule has 0 bridgehead atoms. The van der Waals surface area contributed by atoms with E-state index in [9.17, 15) is 24.8 Å². The van der Waals surface area contributed by atoms with Gasteiger partial charge in [-0.05, 0) is 31.0 Å². The van der Waals surface area contributed by atoms with Gasteiger partial charge in [0.15, 0.2) is 0 Å². The number of amides is 1. The van der Waals surface area contributed by atoms with E-state index in [1.165, 1.54) is 24.3 Å². The van der Waals surface area contributed by atoms with Gasteiger partial charge in [0, 0.05) is 18.7 Å². The first-order valence-corrected chi connectivity index (χ1v) is 7.76. The molecule has 1 heterocycles. The van der Waals surface area contributed by atoms with E-state index in [1.54, 1.807) is 6.92 Å². The summed E-state index contributed by atoms with van der Waals surface area (Å²) in [6, 6.07) is 5.52. The molecule has 25 heavy (non-hydrogen) atoms. The quantitative estimate of drug-likeness (QED) is 0.261. The molecule has 1 aliphatic heterocycles. The van der Waals surface area contributed by atoms with E-state index >= 15 is 0 Å². The molecule has 3 N–H and O–H groups in total. The third-order valence-corrected chi connectivity index (χ3v) is 4.44. The van der Waals surface area contributed by atoms with Crippen LogP contribution in [0, 0.1) is 22.0 Å². The average molecular weight is 352 g/mol. The third-order valence-electron chi connectivity index (χ3n) is 4.44. The van der Waals surface area contributed by atoms with Crippen molar-refractivity contribution in [1.82, 2.24) is 5.32 Å². The number of aliphatic hydroxyl groups is 2. The van der Waals surface area contributed by atoms with Crippen LogP contribution in [0.25, 0.3) is 0 Å². The van der Waals surface area contributed by atoms with Gasteiger partial charge < -0.3 is 20.3 Å². The third kappa shape index (κ3) is 3.94. The fourth-order valence-corrected chi connectivity index (χ4v) is 3.02. The highest BCUT2D eigenvalue weighted by atomic mass is 16.6. The highest BCUT2D eigenvalue weighted by Crippen LogP contribution is 2.36. The molecule has 0 aromatic heterocycles. The summed E-state index contributed by atoms with van der Waals surface area (Å²) in [5.74, 6) is -2.93. The van der Waals surface area contributed by atoms with Crippen LogP contribution >= 0.6 is 0 Å². The minimum absolute atomic E-state index is 0.0748. The molecule has 1 aliphatic rings. The lowest BCUT2D eigenvalue weighted by atomic mass is 9.68. The second-order valence-corrected chi connectivity index (χ2v) is 6.18. The van der Waals surface area contributed by atoms with Gasteiger partial charge in [0.25, 0.3) is 5.69 Å². The van der Waals surface area contributed by atoms with Crippen molar-refractivity contribution in [2.45, 2.75) is 25.5 Å². The van der Waals surface area contributed by atoms with Crippen LogP contribution in [0.4, 0.5) is 5.69 Å². The van der Waals surface area contributed by atoms with Crippen molar-refractivity contribution < 1.29 is 29.5 Å². The lowest BCUT2D eigenvalue weighted by Crippen LogP contribution is -2.71. The molecular formula is C16H20N2O7. The molecule has 0 saturated carbocycles. The number of nitrogens with zero attached hydrogens (tertiary/aromatic N) is 1. The van der Waals surface area contributed by atoms with Crippen LogP contribution in [-0.2, 0) is 20.9 Å². The molecule has 1 aromatic rings. The number of nitrogens with one attached hydrogen (secondary N) is 1. The molecule has 3 atom stereocenters. The maximum Gasteiger partial charge on any atom is 0.312 e. The number of β-lactam (4-membered cyclic amide) rings is 1. The zero-order chi connectivity index (χ0) is 18.6. The minimum atomic E-state index is -1.04. The number of nitro benzene ring substituents is 1. The van der Waals surface area contributed by atoms with Crippen molar-refractivity contribution in [1.29, 1.82) is 0 Å². The summed E-state index contributed by atoms with van der Waals surface area (Å²) in [6.07, 6.45) is 0.259. The lowest BCUT2D eigenvalue weighted by molar-refractivity contribution is -0.384. The van der Waals surface area contributed by atoms with Crippen LogP contribution < -0.4 is 5.32 Å². The van der Waals surface area contributed by atoms with Gasteiger partial charge in [-0.25, -0.2) is 0 Å². The number of rotatable bonds is 8. The topological polar surface area (TPSA) is 139 Å². The molecular weight excluding hydrogens is 332 g/mol. The van der Waals surface area contributed by atoms with Gasteiger partial charge in [-0.2, -0.15) is 0 Å². The number of ether oxygens (including phenoxy) is 1. The van der Waals surface area contributed by atoms with Crippen LogP contribution in [0.1, 0.15) is 18.9 Å². The molecule has 1 amide bonds. The van der Waals surface area contributed by atoms with Gasteiger partial charge >= 0.3 is 5.97 Å². The van der Waals surface area contributed by atoms with Crippen molar-refractivity contribution in [3.8, 4) is 0 Å². The molecule has 136 valence electrons. The van der Waals surface area contributed by atoms with Crippen molar-refractivity contribution in [2.75, 3.05) is 13.2 Å². The number of benzene rings is 1. The summed E-state index contributed by atoms with van der Waals surface area (Å²) >= 11 is 0. The highest BCUT2D eigenvalue weighted by molar-refractivity contribution is 5.92. The number of nitro groups is 1. The van der Waals surface area contributed by atoms with E-state index < -0.39 is 34.9 Å². The Kier molecular flexibility index (Phi) is 5.70. The van der Waals surface area contributed by atoms with Crippen molar-refractivity contribution >= 4 is 17.6 Å². The van der Waals surface area contributed by atoms with Gasteiger partial charge in [-0.15, -0.1) is 0 Å². The van der Waals surface area contributed by atoms with Crippen molar-refractivity contribution in [2.24, 2.45) is 11.8 Å². The smallest absolute Gasteiger partial charge is 0.312 e. The molecule has 1 fully saturated rings. The Morgan fingerprint density at radius 3 is 2.52 bits per heavy atom. The molecule has 9 heteroatoms. The van der Waals surface area contributed by atoms with E-state index in [4.69, 9.17) is 9.84 Å². The predicted molar refractivity (Wildman–Crippen MR) is 85.2 cm³/mol. The monoisotopic (exact) mass is 352 g/mol. The van der Waals surface area contributed by atoms with Gasteiger partial charge in [0.05, 0.1) is 28.9 Å². The second kappa shape index (κ2) is 7.58. The van der Waals surface area contributed by atoms with Gasteiger partial charge in [-0.1, -0.05) is 0 Å². The zero-order valence-corrected chi connectivity index (χ0v) is 13.7. The summed E-state index contributed by atoms with van der Waals surface area (Å²) in [7, 11) is 0. The van der Waals surface area contributed by atoms with Crippen LogP contribution in [0.5, 0.6) is 0 Å². The van der Waals surface area contributed by atoms with Crippen molar-refractivity contribution in [3.63, 3.8) is 0 Å². The largest absolute Gasteiger partial charge is 0.461 e. The summed E-state index contributed by atoms with van der Waals surface area (Å²) in [5, 5.41) is 31.9. The first-order chi connectivity index (χ1) is 11.8. The summed E-state index contributed by atoms with van der Waals surface area (Å²) in [4.78, 5) is 34.2. The number of carbonyl (C=O) groups excluding carboxylic acids is 2. The average Bonchev–Trinajstić information content (AvgIpc) is 2.57. The van der Waals surface area contributed by atoms with Crippen LogP contribution in [-0.4, -0.2) is 45.8 Å². The Bertz CT molecular complexity index is 661. The number of carbonyl (C=O) groups is 2. The number of non-ortho nitro benzene ring substituents is 1. The summed E-state index contributed by atoms with van der Waals surface area (Å²) < 4.78 is 5.15. The first kappa shape index (κ1) is 18.8. The maximum atomic E-state index is 12.3. The number of aliphatic hydroxyl groups excluding tert-OH is 2. The Balaban J connectivity index is 2.00. The summed E-state index contributed by atoms with van der Waals surface area (Å²) in [6.45, 7) is 0.849. The van der Waals surface area contributed by atoms with Crippen LogP contribution in [0.2, 0.25) is 0 Å². The molecule has 0 radical (unpaired) electrons. The lowest BCUT2D eigenvalue weighted by Gasteiger charge is -2.49. The molecule has 1 aromatic carbocycles. The van der Waals surface area contributed by atoms with Gasteiger partial charge in [0.2, 0.25) is 5.91 Å². The molecule has 9 nitrogen and oxygen atoms in total. The fourth-order valence-electron chi connectivity index (χ4n) is 3.02. The Morgan fingerprint density at radius 1 is 1.40 bits per heavy atom. The first-order valence-electron chi connectivity index (χ1n) is 7.76. The van der Waals surface area contributed by atoms with Gasteiger partial charge in [-0.3, -0.25) is 19.7 Å². The normalized spacial score (nSPS) is 23.3. The number of esters is 1. The predicted octanol–water partition coefficient (Wildman–Crippen LogP) is 0.134. The Labute approximate surface area is 143 Å². The molecule has 0 spiro atoms. The Hall–Kier alpha value is -2.52. The second-order valence-electron chi connectivity index (χ2n) is 6.18. The maximum absolute atomic E-state index is 12.3. The molecule has 1 saturated heterocycles. The van der Waals surface area contributed by atoms with E-state index in [0.29, 0.717) is 5.56 Å². The van der Waals surface area contributed by atoms with Gasteiger partial charge in [0.1, 0.15) is 6.61 Å². The Morgan fingerprint density at radius 2 is 2.04 bits per heavy atom. The van der Waals surface area contributed by atoms with Crippen LogP contribution in [0.3, 0.4) is 0 Å².